The van der Waals surface area contributed by atoms with Crippen LogP contribution in [0, 0.1) is 0 Å². The van der Waals surface area contributed by atoms with Crippen LogP contribution in [0.5, 0.6) is 0 Å². The highest BCUT2D eigenvalue weighted by Gasteiger charge is 2.13. The first kappa shape index (κ1) is 16.4. The van der Waals surface area contributed by atoms with E-state index in [2.05, 4.69) is 58.3 Å². The van der Waals surface area contributed by atoms with Gasteiger partial charge in [-0.15, -0.1) is 6.58 Å². The molecule has 0 unspecified atom stereocenters. The van der Waals surface area contributed by atoms with Gasteiger partial charge in [0.15, 0.2) is 5.65 Å². The SMILES string of the molecule is C=CCc1cn(COCC[Si](C)(C)C)c2ncc(Br)nc12. The molecule has 0 aromatic carbocycles. The summed E-state index contributed by atoms with van der Waals surface area (Å²) in [5.41, 5.74) is 2.91. The van der Waals surface area contributed by atoms with Crippen LogP contribution in [0.1, 0.15) is 5.56 Å². The Balaban J connectivity index is 2.14. The summed E-state index contributed by atoms with van der Waals surface area (Å²) in [7, 11) is -1.05. The van der Waals surface area contributed by atoms with Gasteiger partial charge in [0.25, 0.3) is 0 Å². The van der Waals surface area contributed by atoms with Gasteiger partial charge in [0.1, 0.15) is 16.9 Å². The van der Waals surface area contributed by atoms with Crippen molar-refractivity contribution in [2.45, 2.75) is 38.8 Å². The third-order valence-electron chi connectivity index (χ3n) is 3.20. The Morgan fingerprint density at radius 1 is 1.43 bits per heavy atom. The van der Waals surface area contributed by atoms with E-state index < -0.39 is 8.07 Å². The summed E-state index contributed by atoms with van der Waals surface area (Å²) in [4.78, 5) is 8.98. The fourth-order valence-corrected chi connectivity index (χ4v) is 3.08. The number of aromatic nitrogens is 3. The van der Waals surface area contributed by atoms with E-state index in [-0.39, 0.29) is 0 Å². The Kier molecular flexibility index (Phi) is 5.35. The first-order chi connectivity index (χ1) is 9.90. The number of rotatable bonds is 7. The zero-order valence-corrected chi connectivity index (χ0v) is 15.5. The lowest BCUT2D eigenvalue weighted by molar-refractivity contribution is 0.0898. The lowest BCUT2D eigenvalue weighted by atomic mass is 10.2. The normalized spacial score (nSPS) is 12.0. The molecule has 6 heteroatoms. The van der Waals surface area contributed by atoms with E-state index in [1.807, 2.05) is 10.6 Å². The number of halogens is 1. The molecule has 114 valence electrons. The molecule has 0 spiro atoms. The summed E-state index contributed by atoms with van der Waals surface area (Å²) in [6, 6.07) is 1.17. The summed E-state index contributed by atoms with van der Waals surface area (Å²) in [6.07, 6.45) is 6.45. The van der Waals surface area contributed by atoms with Crippen molar-refractivity contribution in [3.05, 3.63) is 35.2 Å². The molecule has 0 amide bonds. The van der Waals surface area contributed by atoms with Gasteiger partial charge in [-0.2, -0.15) is 0 Å². The minimum atomic E-state index is -1.05. The second-order valence-electron chi connectivity index (χ2n) is 6.33. The van der Waals surface area contributed by atoms with Crippen LogP contribution in [-0.2, 0) is 17.9 Å². The third-order valence-corrected chi connectivity index (χ3v) is 5.29. The number of fused-ring (bicyclic) bond motifs is 1. The van der Waals surface area contributed by atoms with Crippen molar-refractivity contribution in [2.24, 2.45) is 0 Å². The van der Waals surface area contributed by atoms with Crippen molar-refractivity contribution in [1.29, 1.82) is 0 Å². The van der Waals surface area contributed by atoms with Crippen LogP contribution in [0.25, 0.3) is 11.2 Å². The second kappa shape index (κ2) is 6.85. The predicted octanol–water partition coefficient (Wildman–Crippen LogP) is 4.23. The van der Waals surface area contributed by atoms with E-state index in [0.717, 1.165) is 34.4 Å². The number of allylic oxidation sites excluding steroid dienone is 1. The van der Waals surface area contributed by atoms with Crippen LogP contribution in [-0.4, -0.2) is 29.2 Å². The molecule has 0 aliphatic heterocycles. The second-order valence-corrected chi connectivity index (χ2v) is 12.8. The fourth-order valence-electron chi connectivity index (χ4n) is 2.04. The van der Waals surface area contributed by atoms with Crippen LogP contribution < -0.4 is 0 Å². The van der Waals surface area contributed by atoms with Crippen LogP contribution in [0.4, 0.5) is 0 Å². The summed E-state index contributed by atoms with van der Waals surface area (Å²) in [6.45, 7) is 12.2. The molecule has 2 rings (SSSR count). The van der Waals surface area contributed by atoms with Crippen molar-refractivity contribution in [2.75, 3.05) is 6.61 Å². The molecule has 0 N–H and O–H groups in total. The third kappa shape index (κ3) is 4.49. The molecule has 0 aliphatic rings. The average molecular weight is 368 g/mol. The number of nitrogens with zero attached hydrogens (tertiary/aromatic N) is 3. The monoisotopic (exact) mass is 367 g/mol. The highest BCUT2D eigenvalue weighted by atomic mass is 79.9. The van der Waals surface area contributed by atoms with E-state index >= 15 is 0 Å². The maximum absolute atomic E-state index is 5.82. The van der Waals surface area contributed by atoms with E-state index in [1.165, 1.54) is 6.04 Å². The summed E-state index contributed by atoms with van der Waals surface area (Å²) in [5, 5.41) is 0. The van der Waals surface area contributed by atoms with E-state index in [1.54, 1.807) is 6.20 Å². The van der Waals surface area contributed by atoms with E-state index in [4.69, 9.17) is 4.74 Å². The van der Waals surface area contributed by atoms with Gasteiger partial charge in [-0.25, -0.2) is 9.97 Å². The molecule has 2 aromatic rings. The minimum Gasteiger partial charge on any atom is -0.361 e. The first-order valence-corrected chi connectivity index (χ1v) is 11.6. The van der Waals surface area contributed by atoms with Gasteiger partial charge in [-0.05, 0) is 28.4 Å². The van der Waals surface area contributed by atoms with Crippen molar-refractivity contribution in [3.63, 3.8) is 0 Å². The molecular formula is C15H22BrN3OSi. The van der Waals surface area contributed by atoms with Gasteiger partial charge in [-0.1, -0.05) is 25.7 Å². The Morgan fingerprint density at radius 3 is 2.86 bits per heavy atom. The van der Waals surface area contributed by atoms with E-state index in [9.17, 15) is 0 Å². The molecule has 21 heavy (non-hydrogen) atoms. The molecule has 2 aromatic heterocycles. The molecule has 0 aliphatic carbocycles. The number of hydrogen-bond acceptors (Lipinski definition) is 3. The largest absolute Gasteiger partial charge is 0.361 e. The minimum absolute atomic E-state index is 0.522. The summed E-state index contributed by atoms with van der Waals surface area (Å²) in [5.74, 6) is 0. The quantitative estimate of drug-likeness (QED) is 0.417. The zero-order chi connectivity index (χ0) is 15.5. The number of ether oxygens (including phenoxy) is 1. The highest BCUT2D eigenvalue weighted by Crippen LogP contribution is 2.21. The Morgan fingerprint density at radius 2 is 2.19 bits per heavy atom. The van der Waals surface area contributed by atoms with Gasteiger partial charge in [0.05, 0.1) is 6.20 Å². The van der Waals surface area contributed by atoms with Crippen LogP contribution in [0.15, 0.2) is 29.7 Å². The topological polar surface area (TPSA) is 39.9 Å². The fraction of sp³-hybridized carbons (Fsp3) is 0.467. The average Bonchev–Trinajstić information content (AvgIpc) is 2.72. The van der Waals surface area contributed by atoms with Crippen molar-refractivity contribution >= 4 is 35.2 Å². The molecule has 0 saturated carbocycles. The van der Waals surface area contributed by atoms with E-state index in [0.29, 0.717) is 6.73 Å². The van der Waals surface area contributed by atoms with Crippen LogP contribution >= 0.6 is 15.9 Å². The lowest BCUT2D eigenvalue weighted by Gasteiger charge is -2.15. The summed E-state index contributed by atoms with van der Waals surface area (Å²) >= 11 is 3.38. The van der Waals surface area contributed by atoms with Gasteiger partial charge < -0.3 is 9.30 Å². The Bertz CT molecular complexity index is 634. The maximum atomic E-state index is 5.82. The van der Waals surface area contributed by atoms with Gasteiger partial charge in [0, 0.05) is 26.4 Å². The molecule has 0 radical (unpaired) electrons. The van der Waals surface area contributed by atoms with Crippen LogP contribution in [0.2, 0.25) is 25.7 Å². The van der Waals surface area contributed by atoms with Gasteiger partial charge in [0.2, 0.25) is 0 Å². The molecule has 0 fully saturated rings. The number of hydrogen-bond donors (Lipinski definition) is 0. The lowest BCUT2D eigenvalue weighted by Crippen LogP contribution is -2.22. The Labute approximate surface area is 135 Å². The molecular weight excluding hydrogens is 346 g/mol. The molecule has 4 nitrogen and oxygen atoms in total. The zero-order valence-electron chi connectivity index (χ0n) is 12.9. The first-order valence-electron chi connectivity index (χ1n) is 7.09. The Hall–Kier alpha value is -0.983. The van der Waals surface area contributed by atoms with Gasteiger partial charge in [-0.3, -0.25) is 0 Å². The summed E-state index contributed by atoms with van der Waals surface area (Å²) < 4.78 is 8.59. The molecule has 0 saturated heterocycles. The molecule has 0 bridgehead atoms. The standard InChI is InChI=1S/C15H22BrN3OSi/c1-5-6-12-10-19(11-20-7-8-21(2,3)4)15-14(12)18-13(16)9-17-15/h5,9-10H,1,6-8,11H2,2-4H3. The highest BCUT2D eigenvalue weighted by molar-refractivity contribution is 9.10. The molecule has 2 heterocycles. The van der Waals surface area contributed by atoms with Crippen molar-refractivity contribution in [1.82, 2.24) is 14.5 Å². The van der Waals surface area contributed by atoms with Crippen molar-refractivity contribution in [3.8, 4) is 0 Å². The molecule has 0 atom stereocenters. The maximum Gasteiger partial charge on any atom is 0.160 e. The van der Waals surface area contributed by atoms with Gasteiger partial charge >= 0.3 is 0 Å². The van der Waals surface area contributed by atoms with Crippen LogP contribution in [0.3, 0.4) is 0 Å². The smallest absolute Gasteiger partial charge is 0.160 e. The predicted molar refractivity (Wildman–Crippen MR) is 93.2 cm³/mol. The van der Waals surface area contributed by atoms with Crippen molar-refractivity contribution < 1.29 is 4.74 Å².